The quantitative estimate of drug-likeness (QED) is 0.600. The molecule has 4 nitrogen and oxygen atoms in total. The fraction of sp³-hybridized carbons (Fsp3) is 0.800. The topological polar surface area (TPSA) is 72.2 Å². The summed E-state index contributed by atoms with van der Waals surface area (Å²) >= 11 is 0. The van der Waals surface area contributed by atoms with E-state index < -0.39 is 0 Å². The third-order valence-corrected chi connectivity index (χ3v) is 1.92. The van der Waals surface area contributed by atoms with E-state index in [1.807, 2.05) is 0 Å². The van der Waals surface area contributed by atoms with Crippen LogP contribution in [-0.4, -0.2) is 17.9 Å². The highest BCUT2D eigenvalue weighted by Crippen LogP contribution is 1.99. The Morgan fingerprint density at radius 2 is 2.00 bits per heavy atom. The van der Waals surface area contributed by atoms with E-state index in [9.17, 15) is 9.59 Å². The Bertz CT molecular complexity index is 193. The normalized spacial score (nSPS) is 12.1. The minimum atomic E-state index is -0.383. The van der Waals surface area contributed by atoms with E-state index >= 15 is 0 Å². The first-order valence-electron chi connectivity index (χ1n) is 5.14. The molecule has 0 saturated carbocycles. The molecule has 0 aliphatic rings. The minimum absolute atomic E-state index is 0.00667. The second kappa shape index (κ2) is 7.35. The van der Waals surface area contributed by atoms with Gasteiger partial charge in [0.15, 0.2) is 0 Å². The molecule has 0 bridgehead atoms. The monoisotopic (exact) mass is 200 g/mol. The van der Waals surface area contributed by atoms with E-state index in [-0.39, 0.29) is 24.3 Å². The second-order valence-corrected chi connectivity index (χ2v) is 3.60. The van der Waals surface area contributed by atoms with Crippen molar-refractivity contribution in [1.82, 2.24) is 5.32 Å². The summed E-state index contributed by atoms with van der Waals surface area (Å²) in [7, 11) is 0. The molecule has 14 heavy (non-hydrogen) atoms. The van der Waals surface area contributed by atoms with E-state index in [1.165, 1.54) is 0 Å². The van der Waals surface area contributed by atoms with Gasteiger partial charge in [0.25, 0.3) is 0 Å². The molecular weight excluding hydrogens is 180 g/mol. The van der Waals surface area contributed by atoms with Gasteiger partial charge in [-0.05, 0) is 13.3 Å². The number of rotatable bonds is 7. The van der Waals surface area contributed by atoms with Crippen LogP contribution in [0.25, 0.3) is 0 Å². The summed E-state index contributed by atoms with van der Waals surface area (Å²) in [6, 6.07) is -0.151. The average Bonchev–Trinajstić information content (AvgIpc) is 2.02. The number of hydrogen-bond acceptors (Lipinski definition) is 2. The van der Waals surface area contributed by atoms with Gasteiger partial charge in [0.05, 0.1) is 0 Å². The third kappa shape index (κ3) is 7.58. The Morgan fingerprint density at radius 1 is 1.36 bits per heavy atom. The summed E-state index contributed by atoms with van der Waals surface area (Å²) in [5, 5.41) is 2.73. The Morgan fingerprint density at radius 3 is 2.50 bits per heavy atom. The van der Waals surface area contributed by atoms with Gasteiger partial charge in [0.2, 0.25) is 11.8 Å². The number of amides is 2. The van der Waals surface area contributed by atoms with Gasteiger partial charge in [-0.3, -0.25) is 9.59 Å². The van der Waals surface area contributed by atoms with E-state index in [0.29, 0.717) is 6.42 Å². The molecule has 0 fully saturated rings. The van der Waals surface area contributed by atoms with E-state index in [0.717, 1.165) is 19.3 Å². The minimum Gasteiger partial charge on any atom is -0.370 e. The lowest BCUT2D eigenvalue weighted by atomic mass is 10.2. The average molecular weight is 200 g/mol. The van der Waals surface area contributed by atoms with Gasteiger partial charge < -0.3 is 11.1 Å². The largest absolute Gasteiger partial charge is 0.370 e. The van der Waals surface area contributed by atoms with Gasteiger partial charge in [0.1, 0.15) is 0 Å². The van der Waals surface area contributed by atoms with Gasteiger partial charge in [0, 0.05) is 18.9 Å². The van der Waals surface area contributed by atoms with Crippen LogP contribution in [0.4, 0.5) is 0 Å². The van der Waals surface area contributed by atoms with Gasteiger partial charge in [-0.1, -0.05) is 19.8 Å². The van der Waals surface area contributed by atoms with Crippen LogP contribution in [0.15, 0.2) is 0 Å². The number of primary amides is 1. The van der Waals surface area contributed by atoms with Gasteiger partial charge in [-0.15, -0.1) is 0 Å². The highest BCUT2D eigenvalue weighted by Gasteiger charge is 2.08. The molecule has 0 heterocycles. The number of unbranched alkanes of at least 4 members (excludes halogenated alkanes) is 2. The standard InChI is InChI=1S/C10H20N2O2/c1-3-4-5-6-10(14)12-8(2)7-9(11)13/h8H,3-7H2,1-2H3,(H2,11,13)(H,12,14). The zero-order chi connectivity index (χ0) is 11.0. The van der Waals surface area contributed by atoms with Crippen molar-refractivity contribution in [2.75, 3.05) is 0 Å². The molecule has 4 heteroatoms. The molecule has 0 radical (unpaired) electrons. The molecule has 0 spiro atoms. The lowest BCUT2D eigenvalue weighted by Crippen LogP contribution is -2.35. The molecule has 0 aromatic heterocycles. The molecular formula is C10H20N2O2. The molecule has 0 aromatic rings. The third-order valence-electron chi connectivity index (χ3n) is 1.92. The molecule has 2 amide bonds. The van der Waals surface area contributed by atoms with Crippen molar-refractivity contribution in [3.63, 3.8) is 0 Å². The molecule has 0 saturated heterocycles. The molecule has 1 atom stereocenters. The van der Waals surface area contributed by atoms with Crippen molar-refractivity contribution in [2.24, 2.45) is 5.73 Å². The number of hydrogen-bond donors (Lipinski definition) is 2. The van der Waals surface area contributed by atoms with Gasteiger partial charge in [-0.25, -0.2) is 0 Å². The summed E-state index contributed by atoms with van der Waals surface area (Å²) in [6.45, 7) is 3.87. The SMILES string of the molecule is CCCCCC(=O)NC(C)CC(N)=O. The van der Waals surface area contributed by atoms with Crippen molar-refractivity contribution >= 4 is 11.8 Å². The van der Waals surface area contributed by atoms with Crippen LogP contribution in [-0.2, 0) is 9.59 Å². The van der Waals surface area contributed by atoms with E-state index in [4.69, 9.17) is 5.73 Å². The fourth-order valence-corrected chi connectivity index (χ4v) is 1.24. The van der Waals surface area contributed by atoms with Crippen LogP contribution in [0, 0.1) is 0 Å². The lowest BCUT2D eigenvalue weighted by Gasteiger charge is -2.11. The predicted octanol–water partition coefficient (Wildman–Crippen LogP) is 0.947. The Balaban J connectivity index is 3.55. The maximum Gasteiger partial charge on any atom is 0.220 e. The Hall–Kier alpha value is -1.06. The summed E-state index contributed by atoms with van der Waals surface area (Å²) in [6.07, 6.45) is 3.82. The zero-order valence-electron chi connectivity index (χ0n) is 9.01. The second-order valence-electron chi connectivity index (χ2n) is 3.60. The van der Waals surface area contributed by atoms with Crippen LogP contribution >= 0.6 is 0 Å². The van der Waals surface area contributed by atoms with E-state index in [1.54, 1.807) is 6.92 Å². The molecule has 1 unspecified atom stereocenters. The van der Waals surface area contributed by atoms with Crippen LogP contribution < -0.4 is 11.1 Å². The molecule has 0 aliphatic heterocycles. The molecule has 0 rings (SSSR count). The van der Waals surface area contributed by atoms with Crippen LogP contribution in [0.3, 0.4) is 0 Å². The first-order valence-corrected chi connectivity index (χ1v) is 5.14. The first kappa shape index (κ1) is 12.9. The predicted molar refractivity (Wildman–Crippen MR) is 55.6 cm³/mol. The zero-order valence-corrected chi connectivity index (χ0v) is 9.01. The maximum atomic E-state index is 11.2. The van der Waals surface area contributed by atoms with Crippen LogP contribution in [0.2, 0.25) is 0 Å². The van der Waals surface area contributed by atoms with Crippen molar-refractivity contribution < 1.29 is 9.59 Å². The maximum absolute atomic E-state index is 11.2. The first-order chi connectivity index (χ1) is 6.56. The van der Waals surface area contributed by atoms with Crippen molar-refractivity contribution in [1.29, 1.82) is 0 Å². The Labute approximate surface area is 85.2 Å². The Kier molecular flexibility index (Phi) is 6.80. The van der Waals surface area contributed by atoms with Crippen LogP contribution in [0.1, 0.15) is 46.0 Å². The smallest absolute Gasteiger partial charge is 0.220 e. The highest BCUT2D eigenvalue weighted by molar-refractivity contribution is 5.78. The van der Waals surface area contributed by atoms with Gasteiger partial charge >= 0.3 is 0 Å². The summed E-state index contributed by atoms with van der Waals surface area (Å²) < 4.78 is 0. The molecule has 82 valence electrons. The van der Waals surface area contributed by atoms with Crippen LogP contribution in [0.5, 0.6) is 0 Å². The number of nitrogens with one attached hydrogen (secondary N) is 1. The summed E-state index contributed by atoms with van der Waals surface area (Å²) in [4.78, 5) is 21.8. The number of carbonyl (C=O) groups is 2. The number of carbonyl (C=O) groups excluding carboxylic acids is 2. The van der Waals surface area contributed by atoms with Crippen molar-refractivity contribution in [2.45, 2.75) is 52.0 Å². The molecule has 0 aliphatic carbocycles. The van der Waals surface area contributed by atoms with Crippen molar-refractivity contribution in [3.8, 4) is 0 Å². The summed E-state index contributed by atoms with van der Waals surface area (Å²) in [5.74, 6) is -0.376. The number of nitrogens with two attached hydrogens (primary N) is 1. The highest BCUT2D eigenvalue weighted by atomic mass is 16.2. The fourth-order valence-electron chi connectivity index (χ4n) is 1.24. The molecule has 3 N–H and O–H groups in total. The van der Waals surface area contributed by atoms with Crippen molar-refractivity contribution in [3.05, 3.63) is 0 Å². The molecule has 0 aromatic carbocycles. The summed E-state index contributed by atoms with van der Waals surface area (Å²) in [5.41, 5.74) is 5.00. The van der Waals surface area contributed by atoms with Gasteiger partial charge in [-0.2, -0.15) is 0 Å². The lowest BCUT2D eigenvalue weighted by molar-refractivity contribution is -0.122. The van der Waals surface area contributed by atoms with E-state index in [2.05, 4.69) is 12.2 Å².